The first-order valence-corrected chi connectivity index (χ1v) is 9.14. The maximum Gasteiger partial charge on any atom is 0.266 e. The summed E-state index contributed by atoms with van der Waals surface area (Å²) in [7, 11) is 0. The van der Waals surface area contributed by atoms with Gasteiger partial charge in [-0.15, -0.1) is 0 Å². The average molecular weight is 358 g/mol. The van der Waals surface area contributed by atoms with Gasteiger partial charge in [0.25, 0.3) is 11.8 Å². The van der Waals surface area contributed by atoms with Gasteiger partial charge in [0.2, 0.25) is 0 Å². The lowest BCUT2D eigenvalue weighted by atomic mass is 9.79. The Kier molecular flexibility index (Phi) is 3.20. The number of allylic oxidation sites excluding steroid dienone is 1. The Morgan fingerprint density at radius 1 is 0.963 bits per heavy atom. The van der Waals surface area contributed by atoms with E-state index < -0.39 is 5.54 Å². The number of Topliss-reactive ketones (excluding diaryl/α,β-unsaturated/α-hetero) is 1. The molecule has 1 N–H and O–H groups in total. The fraction of sp³-hybridized carbons (Fsp3) is 0.227. The molecule has 2 aliphatic heterocycles. The lowest BCUT2D eigenvalue weighted by Gasteiger charge is -2.27. The number of benzene rings is 2. The quantitative estimate of drug-likeness (QED) is 0.852. The third-order valence-electron chi connectivity index (χ3n) is 5.72. The number of hydrogen-bond donors (Lipinski definition) is 1. The van der Waals surface area contributed by atoms with Gasteiger partial charge in [-0.1, -0.05) is 35.9 Å². The van der Waals surface area contributed by atoms with Crippen LogP contribution in [0.15, 0.2) is 59.8 Å². The maximum atomic E-state index is 13.8. The van der Waals surface area contributed by atoms with Gasteiger partial charge in [0.15, 0.2) is 11.3 Å². The summed E-state index contributed by atoms with van der Waals surface area (Å²) >= 11 is 0. The number of nitrogens with zero attached hydrogens (tertiary/aromatic N) is 1. The minimum atomic E-state index is -1.40. The molecular formula is C22H18N2O3. The highest BCUT2D eigenvalue weighted by Gasteiger charge is 2.61. The van der Waals surface area contributed by atoms with Gasteiger partial charge in [0.05, 0.1) is 5.57 Å². The number of ketones is 1. The molecule has 5 heteroatoms. The molecule has 1 spiro atoms. The second-order valence-corrected chi connectivity index (χ2v) is 7.32. The molecule has 2 heterocycles. The number of carbonyl (C=O) groups excluding carboxylic acids is 3. The molecular weight excluding hydrogens is 340 g/mol. The fourth-order valence-corrected chi connectivity index (χ4v) is 4.52. The molecule has 1 aliphatic carbocycles. The summed E-state index contributed by atoms with van der Waals surface area (Å²) in [5.41, 5.74) is 2.62. The first kappa shape index (κ1) is 16.0. The molecule has 0 bridgehead atoms. The number of anilines is 1. The number of carbonyl (C=O) groups is 3. The van der Waals surface area contributed by atoms with Crippen LogP contribution in [0, 0.1) is 6.92 Å². The number of rotatable bonds is 1. The molecule has 0 radical (unpaired) electrons. The third kappa shape index (κ3) is 1.97. The van der Waals surface area contributed by atoms with Gasteiger partial charge in [0, 0.05) is 28.9 Å². The molecule has 2 aromatic rings. The van der Waals surface area contributed by atoms with Crippen LogP contribution in [0.25, 0.3) is 0 Å². The molecule has 0 aromatic heterocycles. The summed E-state index contributed by atoms with van der Waals surface area (Å²) in [5, 5.41) is 2.88. The predicted molar refractivity (Wildman–Crippen MR) is 100 cm³/mol. The Morgan fingerprint density at radius 3 is 2.48 bits per heavy atom. The van der Waals surface area contributed by atoms with Gasteiger partial charge in [-0.3, -0.25) is 19.3 Å². The van der Waals surface area contributed by atoms with Gasteiger partial charge in [-0.05, 0) is 38.0 Å². The molecule has 27 heavy (non-hydrogen) atoms. The van der Waals surface area contributed by atoms with Crippen molar-refractivity contribution < 1.29 is 14.4 Å². The van der Waals surface area contributed by atoms with Gasteiger partial charge in [-0.25, -0.2) is 0 Å². The van der Waals surface area contributed by atoms with Crippen molar-refractivity contribution in [3.8, 4) is 0 Å². The standard InChI is InChI=1S/C22H18N2O3/c1-13-9-11-14(12-10-13)24-17-7-4-8-18(25)19(17)22(21(24)27)16-6-3-2-5-15(16)20(26)23-22/h2-3,5-6,9-12H,4,7-8H2,1H3,(H,23,26). The minimum absolute atomic E-state index is 0.0591. The van der Waals surface area contributed by atoms with E-state index in [-0.39, 0.29) is 17.6 Å². The number of hydrogen-bond acceptors (Lipinski definition) is 3. The number of amides is 2. The van der Waals surface area contributed by atoms with Crippen molar-refractivity contribution in [1.82, 2.24) is 5.32 Å². The molecule has 2 amide bonds. The summed E-state index contributed by atoms with van der Waals surface area (Å²) in [6.45, 7) is 1.99. The first-order chi connectivity index (χ1) is 13.0. The van der Waals surface area contributed by atoms with E-state index in [1.54, 1.807) is 29.2 Å². The van der Waals surface area contributed by atoms with Crippen molar-refractivity contribution >= 4 is 23.3 Å². The summed E-state index contributed by atoms with van der Waals surface area (Å²) in [6.07, 6.45) is 1.74. The number of aryl methyl sites for hydroxylation is 1. The van der Waals surface area contributed by atoms with Crippen LogP contribution in [0.1, 0.15) is 40.7 Å². The molecule has 2 aromatic carbocycles. The summed E-state index contributed by atoms with van der Waals surface area (Å²) in [4.78, 5) is 41.0. The highest BCUT2D eigenvalue weighted by molar-refractivity contribution is 6.23. The molecule has 1 atom stereocenters. The second kappa shape index (κ2) is 5.39. The molecule has 0 fully saturated rings. The van der Waals surface area contributed by atoms with Crippen LogP contribution in [-0.4, -0.2) is 17.6 Å². The van der Waals surface area contributed by atoms with E-state index in [0.717, 1.165) is 16.9 Å². The van der Waals surface area contributed by atoms with Crippen LogP contribution >= 0.6 is 0 Å². The third-order valence-corrected chi connectivity index (χ3v) is 5.72. The van der Waals surface area contributed by atoms with Crippen LogP contribution in [0.3, 0.4) is 0 Å². The molecule has 3 aliphatic rings. The Hall–Kier alpha value is -3.21. The molecule has 0 saturated carbocycles. The van der Waals surface area contributed by atoms with E-state index in [9.17, 15) is 14.4 Å². The van der Waals surface area contributed by atoms with Gasteiger partial charge in [-0.2, -0.15) is 0 Å². The van der Waals surface area contributed by atoms with E-state index in [2.05, 4.69) is 5.32 Å². The first-order valence-electron chi connectivity index (χ1n) is 9.14. The zero-order chi connectivity index (χ0) is 18.8. The van der Waals surface area contributed by atoms with Crippen molar-refractivity contribution in [3.05, 3.63) is 76.5 Å². The van der Waals surface area contributed by atoms with E-state index in [1.807, 2.05) is 31.2 Å². The number of nitrogens with one attached hydrogen (secondary N) is 1. The minimum Gasteiger partial charge on any atom is -0.330 e. The van der Waals surface area contributed by atoms with Crippen molar-refractivity contribution in [1.29, 1.82) is 0 Å². The Morgan fingerprint density at radius 2 is 1.70 bits per heavy atom. The monoisotopic (exact) mass is 358 g/mol. The molecule has 134 valence electrons. The van der Waals surface area contributed by atoms with Crippen LogP contribution in [-0.2, 0) is 15.1 Å². The van der Waals surface area contributed by atoms with Gasteiger partial charge in [0.1, 0.15) is 0 Å². The molecule has 5 rings (SSSR count). The van der Waals surface area contributed by atoms with Gasteiger partial charge < -0.3 is 5.32 Å². The Bertz CT molecular complexity index is 1050. The molecule has 5 nitrogen and oxygen atoms in total. The van der Waals surface area contributed by atoms with Crippen molar-refractivity contribution in [3.63, 3.8) is 0 Å². The predicted octanol–water partition coefficient (Wildman–Crippen LogP) is 2.99. The number of fused-ring (bicyclic) bond motifs is 3. The van der Waals surface area contributed by atoms with Crippen molar-refractivity contribution in [2.75, 3.05) is 4.90 Å². The Labute approximate surface area is 156 Å². The second-order valence-electron chi connectivity index (χ2n) is 7.32. The average Bonchev–Trinajstić information content (AvgIpc) is 3.10. The Balaban J connectivity index is 1.78. The summed E-state index contributed by atoms with van der Waals surface area (Å²) in [5.74, 6) is -0.643. The molecule has 0 saturated heterocycles. The topological polar surface area (TPSA) is 66.5 Å². The van der Waals surface area contributed by atoms with Crippen LogP contribution < -0.4 is 10.2 Å². The summed E-state index contributed by atoms with van der Waals surface area (Å²) in [6, 6.07) is 14.7. The van der Waals surface area contributed by atoms with Crippen LogP contribution in [0.5, 0.6) is 0 Å². The van der Waals surface area contributed by atoms with E-state index in [4.69, 9.17) is 0 Å². The zero-order valence-electron chi connectivity index (χ0n) is 14.9. The van der Waals surface area contributed by atoms with Crippen molar-refractivity contribution in [2.45, 2.75) is 31.7 Å². The maximum absolute atomic E-state index is 13.8. The van der Waals surface area contributed by atoms with Crippen molar-refractivity contribution in [2.24, 2.45) is 0 Å². The highest BCUT2D eigenvalue weighted by Crippen LogP contribution is 2.50. The van der Waals surface area contributed by atoms with E-state index >= 15 is 0 Å². The molecule has 1 unspecified atom stereocenters. The van der Waals surface area contributed by atoms with E-state index in [0.29, 0.717) is 36.0 Å². The lowest BCUT2D eigenvalue weighted by molar-refractivity contribution is -0.124. The van der Waals surface area contributed by atoms with Crippen LogP contribution in [0.2, 0.25) is 0 Å². The largest absolute Gasteiger partial charge is 0.330 e. The highest BCUT2D eigenvalue weighted by atomic mass is 16.2. The van der Waals surface area contributed by atoms with Crippen LogP contribution in [0.4, 0.5) is 5.69 Å². The van der Waals surface area contributed by atoms with E-state index in [1.165, 1.54) is 0 Å². The SMILES string of the molecule is Cc1ccc(N2C(=O)C3(NC(=O)c4ccccc43)C3=C2CCCC3=O)cc1. The lowest BCUT2D eigenvalue weighted by Crippen LogP contribution is -2.50. The zero-order valence-corrected chi connectivity index (χ0v) is 14.9. The van der Waals surface area contributed by atoms with Gasteiger partial charge >= 0.3 is 0 Å². The fourth-order valence-electron chi connectivity index (χ4n) is 4.52. The summed E-state index contributed by atoms with van der Waals surface area (Å²) < 4.78 is 0. The smallest absolute Gasteiger partial charge is 0.266 e. The normalized spacial score (nSPS) is 23.7.